The first-order valence-electron chi connectivity index (χ1n) is 10.2. The second-order valence-electron chi connectivity index (χ2n) is 8.72. The summed E-state index contributed by atoms with van der Waals surface area (Å²) in [5.74, 6) is 0.787. The third-order valence-corrected chi connectivity index (χ3v) is 5.83. The molecule has 4 rings (SSSR count). The maximum absolute atomic E-state index is 12.8. The Kier molecular flexibility index (Phi) is 5.24. The van der Waals surface area contributed by atoms with Gasteiger partial charge in [-0.3, -0.25) is 9.59 Å². The molecule has 2 fully saturated rings. The lowest BCUT2D eigenvalue weighted by Gasteiger charge is -2.36. The molecule has 1 spiro atoms. The average molecular weight is 400 g/mol. The Bertz CT molecular complexity index is 870. The fraction of sp³-hybridized carbons (Fsp3) is 0.650. The van der Waals surface area contributed by atoms with Crippen LogP contribution in [0.25, 0.3) is 5.78 Å². The number of piperidine rings is 1. The third kappa shape index (κ3) is 3.96. The summed E-state index contributed by atoms with van der Waals surface area (Å²) in [5, 5.41) is 4.21. The maximum atomic E-state index is 12.8. The molecule has 0 aliphatic carbocycles. The van der Waals surface area contributed by atoms with Gasteiger partial charge in [-0.05, 0) is 31.9 Å². The number of rotatable bonds is 5. The molecule has 0 saturated carbocycles. The summed E-state index contributed by atoms with van der Waals surface area (Å²) in [6.07, 6.45) is 5.22. The Hall–Kier alpha value is -2.55. The molecule has 9 heteroatoms. The Balaban J connectivity index is 1.37. The number of cyclic esters (lactones) is 1. The van der Waals surface area contributed by atoms with E-state index in [0.717, 1.165) is 19.5 Å². The first kappa shape index (κ1) is 19.8. The van der Waals surface area contributed by atoms with Crippen molar-refractivity contribution in [3.8, 4) is 0 Å². The third-order valence-electron chi connectivity index (χ3n) is 5.83. The summed E-state index contributed by atoms with van der Waals surface area (Å²) in [4.78, 5) is 37.7. The van der Waals surface area contributed by atoms with Gasteiger partial charge in [-0.15, -0.1) is 5.10 Å². The number of ether oxygens (including phenoxy) is 1. The van der Waals surface area contributed by atoms with E-state index in [9.17, 15) is 9.59 Å². The van der Waals surface area contributed by atoms with E-state index in [4.69, 9.17) is 4.74 Å². The molecule has 9 nitrogen and oxygen atoms in total. The molecule has 2 aromatic rings. The van der Waals surface area contributed by atoms with Gasteiger partial charge in [-0.1, -0.05) is 13.8 Å². The molecule has 2 aromatic heterocycles. The summed E-state index contributed by atoms with van der Waals surface area (Å²) < 4.78 is 7.20. The summed E-state index contributed by atoms with van der Waals surface area (Å²) in [5.41, 5.74) is -0.464. The number of nitrogens with zero attached hydrogens (tertiary/aromatic N) is 6. The Morgan fingerprint density at radius 1 is 1.38 bits per heavy atom. The van der Waals surface area contributed by atoms with Crippen LogP contribution in [0.3, 0.4) is 0 Å². The van der Waals surface area contributed by atoms with Crippen LogP contribution in [0.2, 0.25) is 0 Å². The van der Waals surface area contributed by atoms with Gasteiger partial charge in [0.2, 0.25) is 5.82 Å². The SMILES string of the molecule is CC(C)CN(C)CC1CC2(CCN(C(=O)c3nc4ncccn4n3)CC2)C(=O)O1. The predicted molar refractivity (Wildman–Crippen MR) is 105 cm³/mol. The fourth-order valence-electron chi connectivity index (χ4n) is 4.50. The molecule has 4 heterocycles. The van der Waals surface area contributed by atoms with Gasteiger partial charge in [0, 0.05) is 45.0 Å². The standard InChI is InChI=1S/C20H28N6O3/c1-14(2)12-24(3)13-15-11-20(18(28)29-15)5-9-25(10-6-20)17(27)16-22-19-21-7-4-8-26(19)23-16/h4,7-8,14-15H,5-6,9-13H2,1-3H3. The topological polar surface area (TPSA) is 92.9 Å². The number of amides is 1. The van der Waals surface area contributed by atoms with Crippen LogP contribution in [0.5, 0.6) is 0 Å². The molecule has 156 valence electrons. The molecule has 0 radical (unpaired) electrons. The number of aromatic nitrogens is 4. The van der Waals surface area contributed by atoms with Crippen molar-refractivity contribution in [1.82, 2.24) is 29.4 Å². The largest absolute Gasteiger partial charge is 0.461 e. The monoisotopic (exact) mass is 400 g/mol. The summed E-state index contributed by atoms with van der Waals surface area (Å²) in [7, 11) is 2.07. The number of hydrogen-bond donors (Lipinski definition) is 0. The smallest absolute Gasteiger partial charge is 0.312 e. The summed E-state index contributed by atoms with van der Waals surface area (Å²) >= 11 is 0. The van der Waals surface area contributed by atoms with E-state index in [1.54, 1.807) is 23.4 Å². The molecule has 1 unspecified atom stereocenters. The number of carbonyl (C=O) groups is 2. The minimum Gasteiger partial charge on any atom is -0.461 e. The number of fused-ring (bicyclic) bond motifs is 1. The minimum absolute atomic E-state index is 0.0697. The van der Waals surface area contributed by atoms with Gasteiger partial charge in [0.05, 0.1) is 5.41 Å². The zero-order valence-electron chi connectivity index (χ0n) is 17.2. The Labute approximate surface area is 170 Å². The molecular weight excluding hydrogens is 372 g/mol. The molecule has 0 N–H and O–H groups in total. The maximum Gasteiger partial charge on any atom is 0.312 e. The number of hydrogen-bond acceptors (Lipinski definition) is 7. The number of likely N-dealkylation sites (N-methyl/N-ethyl adjacent to an activating group) is 1. The van der Waals surface area contributed by atoms with Crippen molar-refractivity contribution in [2.45, 2.75) is 39.2 Å². The van der Waals surface area contributed by atoms with Gasteiger partial charge in [0.15, 0.2) is 0 Å². The average Bonchev–Trinajstić information content (AvgIpc) is 3.22. The molecular formula is C20H28N6O3. The van der Waals surface area contributed by atoms with Crippen LogP contribution in [0.1, 0.15) is 43.7 Å². The van der Waals surface area contributed by atoms with Crippen molar-refractivity contribution in [3.63, 3.8) is 0 Å². The van der Waals surface area contributed by atoms with Gasteiger partial charge in [-0.25, -0.2) is 9.50 Å². The quantitative estimate of drug-likeness (QED) is 0.698. The molecule has 2 saturated heterocycles. The molecule has 2 aliphatic rings. The van der Waals surface area contributed by atoms with Crippen LogP contribution < -0.4 is 0 Å². The van der Waals surface area contributed by atoms with E-state index in [2.05, 4.69) is 40.9 Å². The van der Waals surface area contributed by atoms with Crippen LogP contribution in [-0.2, 0) is 9.53 Å². The van der Waals surface area contributed by atoms with Gasteiger partial charge >= 0.3 is 5.97 Å². The van der Waals surface area contributed by atoms with E-state index in [1.807, 2.05) is 0 Å². The zero-order valence-corrected chi connectivity index (χ0v) is 17.2. The fourth-order valence-corrected chi connectivity index (χ4v) is 4.50. The van der Waals surface area contributed by atoms with E-state index < -0.39 is 5.41 Å². The Morgan fingerprint density at radius 2 is 2.14 bits per heavy atom. The van der Waals surface area contributed by atoms with Crippen molar-refractivity contribution >= 4 is 17.7 Å². The van der Waals surface area contributed by atoms with E-state index in [1.165, 1.54) is 4.52 Å². The molecule has 1 amide bonds. The predicted octanol–water partition coefficient (Wildman–Crippen LogP) is 1.25. The number of likely N-dealkylation sites (tertiary alicyclic amines) is 1. The highest BCUT2D eigenvalue weighted by molar-refractivity contribution is 5.91. The number of carbonyl (C=O) groups excluding carboxylic acids is 2. The normalized spacial score (nSPS) is 21.5. The van der Waals surface area contributed by atoms with Gasteiger partial charge in [-0.2, -0.15) is 4.98 Å². The zero-order chi connectivity index (χ0) is 20.6. The second-order valence-corrected chi connectivity index (χ2v) is 8.72. The highest BCUT2D eigenvalue weighted by Crippen LogP contribution is 2.43. The van der Waals surface area contributed by atoms with Crippen LogP contribution >= 0.6 is 0 Å². The highest BCUT2D eigenvalue weighted by Gasteiger charge is 2.51. The van der Waals surface area contributed by atoms with Crippen LogP contribution in [-0.4, -0.2) is 80.6 Å². The van der Waals surface area contributed by atoms with Crippen molar-refractivity contribution in [1.29, 1.82) is 0 Å². The molecule has 2 aliphatic heterocycles. The van der Waals surface area contributed by atoms with Crippen molar-refractivity contribution < 1.29 is 14.3 Å². The lowest BCUT2D eigenvalue weighted by atomic mass is 9.76. The summed E-state index contributed by atoms with van der Waals surface area (Å²) in [6.45, 7) is 7.10. The van der Waals surface area contributed by atoms with E-state index in [-0.39, 0.29) is 23.8 Å². The van der Waals surface area contributed by atoms with Crippen molar-refractivity contribution in [2.24, 2.45) is 11.3 Å². The first-order chi connectivity index (χ1) is 13.9. The lowest BCUT2D eigenvalue weighted by molar-refractivity contribution is -0.150. The van der Waals surface area contributed by atoms with Crippen LogP contribution in [0.15, 0.2) is 18.5 Å². The minimum atomic E-state index is -0.464. The highest BCUT2D eigenvalue weighted by atomic mass is 16.6. The van der Waals surface area contributed by atoms with Gasteiger partial charge in [0.25, 0.3) is 11.7 Å². The molecule has 29 heavy (non-hydrogen) atoms. The van der Waals surface area contributed by atoms with Crippen molar-refractivity contribution in [2.75, 3.05) is 33.2 Å². The van der Waals surface area contributed by atoms with Crippen LogP contribution in [0, 0.1) is 11.3 Å². The van der Waals surface area contributed by atoms with Gasteiger partial charge in [0.1, 0.15) is 6.10 Å². The molecule has 0 bridgehead atoms. The summed E-state index contributed by atoms with van der Waals surface area (Å²) in [6, 6.07) is 1.74. The first-order valence-corrected chi connectivity index (χ1v) is 10.2. The van der Waals surface area contributed by atoms with Gasteiger partial charge < -0.3 is 14.5 Å². The van der Waals surface area contributed by atoms with E-state index >= 15 is 0 Å². The molecule has 1 atom stereocenters. The Morgan fingerprint density at radius 3 is 2.83 bits per heavy atom. The molecule has 0 aromatic carbocycles. The van der Waals surface area contributed by atoms with Crippen molar-refractivity contribution in [3.05, 3.63) is 24.3 Å². The van der Waals surface area contributed by atoms with E-state index in [0.29, 0.717) is 37.6 Å². The van der Waals surface area contributed by atoms with Crippen LogP contribution in [0.4, 0.5) is 0 Å². The second kappa shape index (κ2) is 7.70. The number of esters is 1. The lowest BCUT2D eigenvalue weighted by Crippen LogP contribution is -2.45.